The smallest absolute Gasteiger partial charge is 0.225 e. The molecule has 2 aromatic rings. The van der Waals surface area contributed by atoms with Gasteiger partial charge in [0.1, 0.15) is 0 Å². The highest BCUT2D eigenvalue weighted by Gasteiger charge is 2.20. The highest BCUT2D eigenvalue weighted by Crippen LogP contribution is 2.19. The lowest BCUT2D eigenvalue weighted by Crippen LogP contribution is -2.25. The second-order valence-corrected chi connectivity index (χ2v) is 5.38. The number of nitrogens with one attached hydrogen (secondary N) is 1. The lowest BCUT2D eigenvalue weighted by Gasteiger charge is -2.20. The van der Waals surface area contributed by atoms with Crippen LogP contribution in [0.1, 0.15) is 31.0 Å². The predicted octanol–water partition coefficient (Wildman–Crippen LogP) is 2.15. The van der Waals surface area contributed by atoms with Crippen LogP contribution in [0.25, 0.3) is 0 Å². The third-order valence-corrected chi connectivity index (χ3v) is 3.61. The molecule has 3 rings (SSSR count). The Morgan fingerprint density at radius 3 is 2.62 bits per heavy atom. The largest absolute Gasteiger partial charge is 0.335 e. The molecule has 0 radical (unpaired) electrons. The van der Waals surface area contributed by atoms with Crippen molar-refractivity contribution in [3.05, 3.63) is 48.0 Å². The van der Waals surface area contributed by atoms with Crippen LogP contribution in [0.3, 0.4) is 0 Å². The third-order valence-electron chi connectivity index (χ3n) is 3.61. The summed E-state index contributed by atoms with van der Waals surface area (Å²) < 4.78 is 0. The number of anilines is 1. The van der Waals surface area contributed by atoms with Gasteiger partial charge in [-0.3, -0.25) is 4.98 Å². The van der Waals surface area contributed by atoms with E-state index in [1.807, 2.05) is 36.8 Å². The normalized spacial score (nSPS) is 14.1. The van der Waals surface area contributed by atoms with Gasteiger partial charge in [0, 0.05) is 43.3 Å². The van der Waals surface area contributed by atoms with Crippen molar-refractivity contribution < 1.29 is 0 Å². The van der Waals surface area contributed by atoms with Crippen LogP contribution in [0, 0.1) is 0 Å². The Labute approximate surface area is 125 Å². The van der Waals surface area contributed by atoms with Crippen molar-refractivity contribution in [1.29, 1.82) is 0 Å². The highest BCUT2D eigenvalue weighted by molar-refractivity contribution is 5.30. The minimum Gasteiger partial charge on any atom is -0.335 e. The number of pyridine rings is 1. The fourth-order valence-electron chi connectivity index (χ4n) is 2.16. The number of aromatic nitrogens is 3. The van der Waals surface area contributed by atoms with Gasteiger partial charge in [-0.1, -0.05) is 6.07 Å². The van der Waals surface area contributed by atoms with Crippen molar-refractivity contribution in [2.45, 2.75) is 38.9 Å². The first-order chi connectivity index (χ1) is 10.3. The molecule has 0 saturated heterocycles. The van der Waals surface area contributed by atoms with E-state index >= 15 is 0 Å². The third kappa shape index (κ3) is 3.98. The minimum atomic E-state index is 0.709. The maximum absolute atomic E-state index is 4.49. The van der Waals surface area contributed by atoms with Crippen LogP contribution in [-0.4, -0.2) is 27.5 Å². The molecule has 21 heavy (non-hydrogen) atoms. The summed E-state index contributed by atoms with van der Waals surface area (Å²) in [6.45, 7) is 4.55. The van der Waals surface area contributed by atoms with E-state index in [9.17, 15) is 0 Å². The Balaban J connectivity index is 1.62. The molecule has 0 amide bonds. The lowest BCUT2D eigenvalue weighted by atomic mass is 10.3. The number of hydrogen-bond donors (Lipinski definition) is 1. The molecule has 110 valence electrons. The van der Waals surface area contributed by atoms with Crippen molar-refractivity contribution in [3.63, 3.8) is 0 Å². The first-order valence-corrected chi connectivity index (χ1v) is 7.54. The van der Waals surface area contributed by atoms with Gasteiger partial charge in [0.15, 0.2) is 0 Å². The monoisotopic (exact) mass is 283 g/mol. The molecule has 0 bridgehead atoms. The zero-order valence-corrected chi connectivity index (χ0v) is 12.4. The van der Waals surface area contributed by atoms with Gasteiger partial charge >= 0.3 is 0 Å². The van der Waals surface area contributed by atoms with Crippen molar-refractivity contribution in [2.75, 3.05) is 11.4 Å². The summed E-state index contributed by atoms with van der Waals surface area (Å²) in [7, 11) is 0. The molecule has 0 aromatic carbocycles. The van der Waals surface area contributed by atoms with E-state index in [0.29, 0.717) is 6.04 Å². The van der Waals surface area contributed by atoms with Gasteiger partial charge in [-0.25, -0.2) is 9.97 Å². The molecule has 0 unspecified atom stereocenters. The zero-order valence-electron chi connectivity index (χ0n) is 12.4. The maximum atomic E-state index is 4.49. The van der Waals surface area contributed by atoms with Gasteiger partial charge in [0.2, 0.25) is 5.95 Å². The summed E-state index contributed by atoms with van der Waals surface area (Å²) in [5.41, 5.74) is 2.17. The highest BCUT2D eigenvalue weighted by atomic mass is 15.2. The quantitative estimate of drug-likeness (QED) is 0.844. The number of hydrogen-bond acceptors (Lipinski definition) is 5. The second-order valence-electron chi connectivity index (χ2n) is 5.38. The summed E-state index contributed by atoms with van der Waals surface area (Å²) >= 11 is 0. The van der Waals surface area contributed by atoms with E-state index in [1.54, 1.807) is 0 Å². The molecular formula is C16H21N5. The van der Waals surface area contributed by atoms with E-state index in [0.717, 1.165) is 36.8 Å². The minimum absolute atomic E-state index is 0.709. The van der Waals surface area contributed by atoms with Gasteiger partial charge in [-0.2, -0.15) is 0 Å². The summed E-state index contributed by atoms with van der Waals surface area (Å²) in [6, 6.07) is 6.67. The van der Waals surface area contributed by atoms with Crippen molar-refractivity contribution in [2.24, 2.45) is 0 Å². The van der Waals surface area contributed by atoms with Crippen LogP contribution in [0.2, 0.25) is 0 Å². The summed E-state index contributed by atoms with van der Waals surface area (Å²) in [6.07, 6.45) is 8.24. The van der Waals surface area contributed by atoms with Crippen LogP contribution in [0.4, 0.5) is 5.95 Å². The van der Waals surface area contributed by atoms with Crippen LogP contribution in [0.15, 0.2) is 36.8 Å². The number of rotatable bonds is 7. The number of nitrogens with zero attached hydrogens (tertiary/aromatic N) is 4. The Hall–Kier alpha value is -2.01. The summed E-state index contributed by atoms with van der Waals surface area (Å²) in [4.78, 5) is 15.5. The van der Waals surface area contributed by atoms with E-state index < -0.39 is 0 Å². The maximum Gasteiger partial charge on any atom is 0.225 e. The van der Waals surface area contributed by atoms with Gasteiger partial charge in [0.25, 0.3) is 0 Å². The van der Waals surface area contributed by atoms with Crippen molar-refractivity contribution >= 4 is 5.95 Å². The molecule has 5 heteroatoms. The Kier molecular flexibility index (Phi) is 4.40. The molecule has 0 atom stereocenters. The molecule has 1 saturated carbocycles. The fraction of sp³-hybridized carbons (Fsp3) is 0.438. The summed E-state index contributed by atoms with van der Waals surface area (Å²) in [5.74, 6) is 0.762. The molecule has 1 fully saturated rings. The average molecular weight is 283 g/mol. The zero-order chi connectivity index (χ0) is 14.5. The van der Waals surface area contributed by atoms with E-state index in [1.165, 1.54) is 12.8 Å². The fourth-order valence-corrected chi connectivity index (χ4v) is 2.16. The topological polar surface area (TPSA) is 53.9 Å². The Morgan fingerprint density at radius 1 is 1.19 bits per heavy atom. The molecule has 0 aliphatic heterocycles. The van der Waals surface area contributed by atoms with E-state index in [4.69, 9.17) is 0 Å². The molecular weight excluding hydrogens is 262 g/mol. The molecule has 1 aliphatic rings. The SMILES string of the molecule is CCN(Cc1ccccn1)c1ncc(CNC2CC2)cn1. The second kappa shape index (κ2) is 6.63. The predicted molar refractivity (Wildman–Crippen MR) is 82.9 cm³/mol. The Morgan fingerprint density at radius 2 is 2.00 bits per heavy atom. The lowest BCUT2D eigenvalue weighted by molar-refractivity contribution is 0.681. The van der Waals surface area contributed by atoms with Gasteiger partial charge < -0.3 is 10.2 Å². The van der Waals surface area contributed by atoms with Crippen LogP contribution in [0.5, 0.6) is 0 Å². The van der Waals surface area contributed by atoms with Crippen LogP contribution < -0.4 is 10.2 Å². The molecule has 2 aromatic heterocycles. The van der Waals surface area contributed by atoms with Crippen molar-refractivity contribution in [3.8, 4) is 0 Å². The average Bonchev–Trinajstić information content (AvgIpc) is 3.37. The van der Waals surface area contributed by atoms with Crippen molar-refractivity contribution in [1.82, 2.24) is 20.3 Å². The van der Waals surface area contributed by atoms with E-state index in [2.05, 4.69) is 32.1 Å². The van der Waals surface area contributed by atoms with E-state index in [-0.39, 0.29) is 0 Å². The molecule has 2 heterocycles. The van der Waals surface area contributed by atoms with Crippen LogP contribution in [-0.2, 0) is 13.1 Å². The molecule has 1 aliphatic carbocycles. The van der Waals surface area contributed by atoms with Gasteiger partial charge in [0.05, 0.1) is 12.2 Å². The van der Waals surface area contributed by atoms with Crippen LogP contribution >= 0.6 is 0 Å². The molecule has 5 nitrogen and oxygen atoms in total. The van der Waals surface area contributed by atoms with Gasteiger partial charge in [-0.05, 0) is 31.9 Å². The molecule has 0 spiro atoms. The standard InChI is InChI=1S/C16H21N5/c1-2-21(12-15-5-3-4-8-17-15)16-19-10-13(11-20-16)9-18-14-6-7-14/h3-5,8,10-11,14,18H,2,6-7,9,12H2,1H3. The van der Waals surface area contributed by atoms with Gasteiger partial charge in [-0.15, -0.1) is 0 Å². The first kappa shape index (κ1) is 13.9. The summed E-state index contributed by atoms with van der Waals surface area (Å²) in [5, 5.41) is 3.47. The first-order valence-electron chi connectivity index (χ1n) is 7.54. The molecule has 1 N–H and O–H groups in total. The Bertz CT molecular complexity index is 551.